The first-order valence-electron chi connectivity index (χ1n) is 6.43. The molecule has 0 aliphatic heterocycles. The van der Waals surface area contributed by atoms with Gasteiger partial charge in [-0.2, -0.15) is 0 Å². The SMILES string of the molecule is O=C(NCCc1ccccc1)NC1CCCC1. The van der Waals surface area contributed by atoms with E-state index in [4.69, 9.17) is 0 Å². The lowest BCUT2D eigenvalue weighted by Gasteiger charge is -2.12. The Morgan fingerprint density at radius 3 is 2.59 bits per heavy atom. The molecule has 2 N–H and O–H groups in total. The van der Waals surface area contributed by atoms with E-state index in [-0.39, 0.29) is 6.03 Å². The molecule has 0 bridgehead atoms. The Morgan fingerprint density at radius 2 is 1.88 bits per heavy atom. The molecule has 2 amide bonds. The summed E-state index contributed by atoms with van der Waals surface area (Å²) in [4.78, 5) is 11.6. The highest BCUT2D eigenvalue weighted by Gasteiger charge is 2.16. The summed E-state index contributed by atoms with van der Waals surface area (Å²) in [6.45, 7) is 0.697. The van der Waals surface area contributed by atoms with Gasteiger partial charge in [0.05, 0.1) is 0 Å². The Hall–Kier alpha value is -1.51. The van der Waals surface area contributed by atoms with Gasteiger partial charge in [0.2, 0.25) is 0 Å². The van der Waals surface area contributed by atoms with Crippen molar-refractivity contribution in [3.8, 4) is 0 Å². The third-order valence-electron chi connectivity index (χ3n) is 3.23. The number of hydrogen-bond acceptors (Lipinski definition) is 1. The number of carbonyl (C=O) groups is 1. The molecule has 92 valence electrons. The maximum Gasteiger partial charge on any atom is 0.315 e. The average molecular weight is 232 g/mol. The highest BCUT2D eigenvalue weighted by Crippen LogP contribution is 2.17. The molecule has 2 rings (SSSR count). The summed E-state index contributed by atoms with van der Waals surface area (Å²) < 4.78 is 0. The molecule has 0 heterocycles. The van der Waals surface area contributed by atoms with Crippen molar-refractivity contribution in [2.45, 2.75) is 38.1 Å². The number of rotatable bonds is 4. The molecular formula is C14H20N2O. The van der Waals surface area contributed by atoms with Crippen LogP contribution in [-0.2, 0) is 6.42 Å². The summed E-state index contributed by atoms with van der Waals surface area (Å²) in [5.74, 6) is 0. The second-order valence-electron chi connectivity index (χ2n) is 4.62. The zero-order chi connectivity index (χ0) is 11.9. The van der Waals surface area contributed by atoms with Gasteiger partial charge in [0.1, 0.15) is 0 Å². The maximum atomic E-state index is 11.6. The Morgan fingerprint density at radius 1 is 1.18 bits per heavy atom. The number of amides is 2. The standard InChI is InChI=1S/C14H20N2O/c17-14(16-13-8-4-5-9-13)15-11-10-12-6-2-1-3-7-12/h1-3,6-7,13H,4-5,8-11H2,(H2,15,16,17). The Balaban J connectivity index is 1.63. The fourth-order valence-electron chi connectivity index (χ4n) is 2.27. The molecule has 1 aromatic carbocycles. The van der Waals surface area contributed by atoms with Crippen LogP contribution in [0, 0.1) is 0 Å². The number of nitrogens with one attached hydrogen (secondary N) is 2. The second-order valence-corrected chi connectivity index (χ2v) is 4.62. The van der Waals surface area contributed by atoms with Crippen LogP contribution in [0.25, 0.3) is 0 Å². The average Bonchev–Trinajstić information content (AvgIpc) is 2.83. The third-order valence-corrected chi connectivity index (χ3v) is 3.23. The Kier molecular flexibility index (Phi) is 4.42. The van der Waals surface area contributed by atoms with E-state index in [1.54, 1.807) is 0 Å². The molecule has 0 saturated heterocycles. The van der Waals surface area contributed by atoms with Gasteiger partial charge in [-0.1, -0.05) is 43.2 Å². The minimum Gasteiger partial charge on any atom is -0.338 e. The van der Waals surface area contributed by atoms with Gasteiger partial charge in [-0.05, 0) is 24.8 Å². The lowest BCUT2D eigenvalue weighted by Crippen LogP contribution is -2.41. The predicted octanol–water partition coefficient (Wildman–Crippen LogP) is 2.47. The van der Waals surface area contributed by atoms with Crippen LogP contribution in [0.15, 0.2) is 30.3 Å². The van der Waals surface area contributed by atoms with Gasteiger partial charge in [-0.25, -0.2) is 4.79 Å². The van der Waals surface area contributed by atoms with Gasteiger partial charge in [0.25, 0.3) is 0 Å². The summed E-state index contributed by atoms with van der Waals surface area (Å²) in [5.41, 5.74) is 1.26. The fourth-order valence-corrected chi connectivity index (χ4v) is 2.27. The fraction of sp³-hybridized carbons (Fsp3) is 0.500. The third kappa shape index (κ3) is 4.10. The van der Waals surface area contributed by atoms with Crippen molar-refractivity contribution in [1.29, 1.82) is 0 Å². The number of hydrogen-bond donors (Lipinski definition) is 2. The first kappa shape index (κ1) is 12.0. The molecule has 1 fully saturated rings. The summed E-state index contributed by atoms with van der Waals surface area (Å²) in [6.07, 6.45) is 5.64. The number of urea groups is 1. The molecule has 1 aromatic rings. The second kappa shape index (κ2) is 6.28. The zero-order valence-electron chi connectivity index (χ0n) is 10.1. The van der Waals surface area contributed by atoms with Gasteiger partial charge >= 0.3 is 6.03 Å². The van der Waals surface area contributed by atoms with Crippen molar-refractivity contribution in [2.75, 3.05) is 6.54 Å². The van der Waals surface area contributed by atoms with Crippen LogP contribution in [0.5, 0.6) is 0 Å². The van der Waals surface area contributed by atoms with E-state index in [9.17, 15) is 4.79 Å². The first-order valence-corrected chi connectivity index (χ1v) is 6.43. The van der Waals surface area contributed by atoms with E-state index in [1.807, 2.05) is 18.2 Å². The molecular weight excluding hydrogens is 212 g/mol. The van der Waals surface area contributed by atoms with Gasteiger partial charge < -0.3 is 10.6 Å². The topological polar surface area (TPSA) is 41.1 Å². The maximum absolute atomic E-state index is 11.6. The molecule has 0 radical (unpaired) electrons. The lowest BCUT2D eigenvalue weighted by atomic mass is 10.1. The van der Waals surface area contributed by atoms with E-state index in [2.05, 4.69) is 22.8 Å². The van der Waals surface area contributed by atoms with Gasteiger partial charge in [-0.3, -0.25) is 0 Å². The smallest absolute Gasteiger partial charge is 0.315 e. The molecule has 0 unspecified atom stereocenters. The van der Waals surface area contributed by atoms with Crippen LogP contribution in [0.1, 0.15) is 31.2 Å². The van der Waals surface area contributed by atoms with Crippen LogP contribution in [0.4, 0.5) is 4.79 Å². The molecule has 0 atom stereocenters. The Bertz CT molecular complexity index is 344. The number of carbonyl (C=O) groups excluding carboxylic acids is 1. The van der Waals surface area contributed by atoms with Crippen molar-refractivity contribution in [3.05, 3.63) is 35.9 Å². The molecule has 3 nitrogen and oxygen atoms in total. The Labute approximate surface area is 103 Å². The van der Waals surface area contributed by atoms with E-state index in [0.717, 1.165) is 19.3 Å². The molecule has 0 spiro atoms. The molecule has 1 aliphatic rings. The minimum atomic E-state index is -0.0205. The monoisotopic (exact) mass is 232 g/mol. The quantitative estimate of drug-likeness (QED) is 0.822. The minimum absolute atomic E-state index is 0.0205. The normalized spacial score (nSPS) is 15.8. The summed E-state index contributed by atoms with van der Waals surface area (Å²) in [5, 5.41) is 5.92. The van der Waals surface area contributed by atoms with Crippen molar-refractivity contribution in [1.82, 2.24) is 10.6 Å². The summed E-state index contributed by atoms with van der Waals surface area (Å²) in [7, 11) is 0. The first-order chi connectivity index (χ1) is 8.34. The van der Waals surface area contributed by atoms with Crippen LogP contribution < -0.4 is 10.6 Å². The van der Waals surface area contributed by atoms with Gasteiger partial charge in [0.15, 0.2) is 0 Å². The van der Waals surface area contributed by atoms with Crippen molar-refractivity contribution >= 4 is 6.03 Å². The summed E-state index contributed by atoms with van der Waals surface area (Å²) >= 11 is 0. The van der Waals surface area contributed by atoms with Crippen LogP contribution in [0.3, 0.4) is 0 Å². The largest absolute Gasteiger partial charge is 0.338 e. The lowest BCUT2D eigenvalue weighted by molar-refractivity contribution is 0.237. The molecule has 1 aliphatic carbocycles. The molecule has 0 aromatic heterocycles. The van der Waals surface area contributed by atoms with Gasteiger partial charge in [-0.15, -0.1) is 0 Å². The van der Waals surface area contributed by atoms with Crippen molar-refractivity contribution in [3.63, 3.8) is 0 Å². The van der Waals surface area contributed by atoms with Crippen LogP contribution >= 0.6 is 0 Å². The predicted molar refractivity (Wildman–Crippen MR) is 68.9 cm³/mol. The van der Waals surface area contributed by atoms with E-state index in [0.29, 0.717) is 12.6 Å². The molecule has 1 saturated carbocycles. The van der Waals surface area contributed by atoms with Crippen molar-refractivity contribution in [2.24, 2.45) is 0 Å². The van der Waals surface area contributed by atoms with Gasteiger partial charge in [0, 0.05) is 12.6 Å². The highest BCUT2D eigenvalue weighted by molar-refractivity contribution is 5.74. The number of benzene rings is 1. The highest BCUT2D eigenvalue weighted by atomic mass is 16.2. The molecule has 3 heteroatoms. The van der Waals surface area contributed by atoms with Crippen LogP contribution in [-0.4, -0.2) is 18.6 Å². The van der Waals surface area contributed by atoms with E-state index in [1.165, 1.54) is 18.4 Å². The van der Waals surface area contributed by atoms with E-state index >= 15 is 0 Å². The summed E-state index contributed by atoms with van der Waals surface area (Å²) in [6, 6.07) is 10.6. The molecule has 17 heavy (non-hydrogen) atoms. The van der Waals surface area contributed by atoms with Crippen LogP contribution in [0.2, 0.25) is 0 Å². The van der Waals surface area contributed by atoms with E-state index < -0.39 is 0 Å². The zero-order valence-corrected chi connectivity index (χ0v) is 10.1. The van der Waals surface area contributed by atoms with Crippen molar-refractivity contribution < 1.29 is 4.79 Å².